The number of anilines is 1. The van der Waals surface area contributed by atoms with Gasteiger partial charge in [0.05, 0.1) is 11.5 Å². The van der Waals surface area contributed by atoms with E-state index in [2.05, 4.69) is 0 Å². The lowest BCUT2D eigenvalue weighted by Crippen LogP contribution is -2.36. The maximum Gasteiger partial charge on any atom is 0.338 e. The van der Waals surface area contributed by atoms with Gasteiger partial charge >= 0.3 is 11.9 Å². The highest BCUT2D eigenvalue weighted by atomic mass is 19.1. The van der Waals surface area contributed by atoms with Crippen molar-refractivity contribution in [3.63, 3.8) is 0 Å². The Bertz CT molecular complexity index is 509. The Balaban J connectivity index is 2.14. The number of rotatable bonds is 3. The molecule has 0 bridgehead atoms. The SMILES string of the molecule is O=C(O)c1cc(N2CCC(C(=O)O)CC2)ccc1F. The first-order valence-electron chi connectivity index (χ1n) is 5.99. The lowest BCUT2D eigenvalue weighted by atomic mass is 9.96. The second-order valence-electron chi connectivity index (χ2n) is 4.57. The highest BCUT2D eigenvalue weighted by Crippen LogP contribution is 2.25. The molecule has 1 aliphatic heterocycles. The zero-order chi connectivity index (χ0) is 14.0. The molecule has 0 aromatic heterocycles. The Morgan fingerprint density at radius 1 is 1.21 bits per heavy atom. The number of halogens is 1. The van der Waals surface area contributed by atoms with E-state index in [1.54, 1.807) is 0 Å². The van der Waals surface area contributed by atoms with E-state index in [4.69, 9.17) is 10.2 Å². The number of nitrogens with zero attached hydrogens (tertiary/aromatic N) is 1. The van der Waals surface area contributed by atoms with Crippen LogP contribution in [0.3, 0.4) is 0 Å². The molecule has 102 valence electrons. The molecule has 1 fully saturated rings. The molecule has 0 saturated carbocycles. The van der Waals surface area contributed by atoms with Crippen LogP contribution in [0.25, 0.3) is 0 Å². The minimum atomic E-state index is -1.31. The molecule has 0 unspecified atom stereocenters. The summed E-state index contributed by atoms with van der Waals surface area (Å²) in [6, 6.07) is 3.93. The normalized spacial score (nSPS) is 16.4. The zero-order valence-corrected chi connectivity index (χ0v) is 10.2. The molecule has 0 amide bonds. The van der Waals surface area contributed by atoms with Gasteiger partial charge in [-0.2, -0.15) is 0 Å². The average molecular weight is 267 g/mol. The monoisotopic (exact) mass is 267 g/mol. The Hall–Kier alpha value is -2.11. The fraction of sp³-hybridized carbons (Fsp3) is 0.385. The van der Waals surface area contributed by atoms with Crippen LogP contribution in [-0.4, -0.2) is 35.2 Å². The number of carboxylic acid groups (broad SMARTS) is 2. The lowest BCUT2D eigenvalue weighted by Gasteiger charge is -2.32. The summed E-state index contributed by atoms with van der Waals surface area (Å²) in [5.41, 5.74) is 0.250. The number of aliphatic carboxylic acids is 1. The zero-order valence-electron chi connectivity index (χ0n) is 10.2. The van der Waals surface area contributed by atoms with E-state index in [0.717, 1.165) is 6.07 Å². The summed E-state index contributed by atoms with van der Waals surface area (Å²) in [6.45, 7) is 1.06. The van der Waals surface area contributed by atoms with Crippen molar-refractivity contribution in [3.05, 3.63) is 29.6 Å². The fourth-order valence-corrected chi connectivity index (χ4v) is 2.26. The predicted octanol–water partition coefficient (Wildman–Crippen LogP) is 1.82. The minimum Gasteiger partial charge on any atom is -0.481 e. The van der Waals surface area contributed by atoms with Gasteiger partial charge in [0.25, 0.3) is 0 Å². The number of hydrogen-bond acceptors (Lipinski definition) is 3. The fourth-order valence-electron chi connectivity index (χ4n) is 2.26. The molecule has 0 radical (unpaired) electrons. The molecule has 19 heavy (non-hydrogen) atoms. The summed E-state index contributed by atoms with van der Waals surface area (Å²) in [5.74, 6) is -3.22. The molecule has 1 aromatic rings. The molecule has 2 rings (SSSR count). The van der Waals surface area contributed by atoms with Gasteiger partial charge in [0, 0.05) is 18.8 Å². The second kappa shape index (κ2) is 5.26. The number of benzene rings is 1. The van der Waals surface area contributed by atoms with E-state index in [1.165, 1.54) is 12.1 Å². The Kier molecular flexibility index (Phi) is 3.69. The largest absolute Gasteiger partial charge is 0.481 e. The molecule has 2 N–H and O–H groups in total. The van der Waals surface area contributed by atoms with E-state index < -0.39 is 17.8 Å². The van der Waals surface area contributed by atoms with Crippen molar-refractivity contribution in [3.8, 4) is 0 Å². The van der Waals surface area contributed by atoms with E-state index in [1.807, 2.05) is 4.90 Å². The Morgan fingerprint density at radius 3 is 2.37 bits per heavy atom. The summed E-state index contributed by atoms with van der Waals surface area (Å²) in [6.07, 6.45) is 1.02. The smallest absolute Gasteiger partial charge is 0.338 e. The van der Waals surface area contributed by atoms with Crippen molar-refractivity contribution >= 4 is 17.6 Å². The van der Waals surface area contributed by atoms with Gasteiger partial charge in [0.1, 0.15) is 5.82 Å². The van der Waals surface area contributed by atoms with Gasteiger partial charge in [-0.05, 0) is 31.0 Å². The first-order valence-corrected chi connectivity index (χ1v) is 5.99. The molecule has 1 heterocycles. The summed E-state index contributed by atoms with van der Waals surface area (Å²) in [5, 5.41) is 17.8. The Labute approximate surface area is 109 Å². The van der Waals surface area contributed by atoms with Crippen LogP contribution in [0.1, 0.15) is 23.2 Å². The topological polar surface area (TPSA) is 77.8 Å². The number of hydrogen-bond donors (Lipinski definition) is 2. The van der Waals surface area contributed by atoms with Gasteiger partial charge in [0.2, 0.25) is 0 Å². The number of piperidine rings is 1. The molecule has 0 aliphatic carbocycles. The quantitative estimate of drug-likeness (QED) is 0.873. The van der Waals surface area contributed by atoms with Crippen LogP contribution in [0.4, 0.5) is 10.1 Å². The highest BCUT2D eigenvalue weighted by molar-refractivity contribution is 5.89. The van der Waals surface area contributed by atoms with Crippen molar-refractivity contribution < 1.29 is 24.2 Å². The van der Waals surface area contributed by atoms with Gasteiger partial charge in [0.15, 0.2) is 0 Å². The van der Waals surface area contributed by atoms with E-state index in [0.29, 0.717) is 31.6 Å². The van der Waals surface area contributed by atoms with Gasteiger partial charge in [-0.15, -0.1) is 0 Å². The number of carboxylic acids is 2. The molecular weight excluding hydrogens is 253 g/mol. The molecule has 0 spiro atoms. The van der Waals surface area contributed by atoms with Crippen LogP contribution in [-0.2, 0) is 4.79 Å². The standard InChI is InChI=1S/C13H14FNO4/c14-11-2-1-9(7-10(11)13(18)19)15-5-3-8(4-6-15)12(16)17/h1-2,7-8H,3-6H2,(H,16,17)(H,18,19). The third-order valence-corrected chi connectivity index (χ3v) is 3.39. The first-order chi connectivity index (χ1) is 8.99. The van der Waals surface area contributed by atoms with Gasteiger partial charge in [-0.3, -0.25) is 4.79 Å². The molecule has 1 aliphatic rings. The summed E-state index contributed by atoms with van der Waals surface area (Å²) < 4.78 is 13.3. The van der Waals surface area contributed by atoms with E-state index in [-0.39, 0.29) is 11.5 Å². The minimum absolute atomic E-state index is 0.351. The van der Waals surface area contributed by atoms with Crippen molar-refractivity contribution in [2.24, 2.45) is 5.92 Å². The van der Waals surface area contributed by atoms with Crippen LogP contribution in [0, 0.1) is 11.7 Å². The highest BCUT2D eigenvalue weighted by Gasteiger charge is 2.25. The van der Waals surface area contributed by atoms with Crippen molar-refractivity contribution in [1.82, 2.24) is 0 Å². The van der Waals surface area contributed by atoms with Crippen LogP contribution in [0.15, 0.2) is 18.2 Å². The predicted molar refractivity (Wildman–Crippen MR) is 65.9 cm³/mol. The van der Waals surface area contributed by atoms with Gasteiger partial charge in [-0.1, -0.05) is 0 Å². The molecule has 1 saturated heterocycles. The van der Waals surface area contributed by atoms with E-state index in [9.17, 15) is 14.0 Å². The van der Waals surface area contributed by atoms with Crippen molar-refractivity contribution in [1.29, 1.82) is 0 Å². The molecule has 1 aromatic carbocycles. The van der Waals surface area contributed by atoms with Crippen molar-refractivity contribution in [2.75, 3.05) is 18.0 Å². The summed E-state index contributed by atoms with van der Waals surface area (Å²) in [7, 11) is 0. The average Bonchev–Trinajstić information content (AvgIpc) is 2.39. The Morgan fingerprint density at radius 2 is 1.84 bits per heavy atom. The van der Waals surface area contributed by atoms with Crippen LogP contribution in [0.2, 0.25) is 0 Å². The second-order valence-corrected chi connectivity index (χ2v) is 4.57. The first kappa shape index (κ1) is 13.3. The number of carbonyl (C=O) groups is 2. The van der Waals surface area contributed by atoms with Gasteiger partial charge < -0.3 is 15.1 Å². The van der Waals surface area contributed by atoms with E-state index >= 15 is 0 Å². The third kappa shape index (κ3) is 2.83. The molecular formula is C13H14FNO4. The van der Waals surface area contributed by atoms with Crippen LogP contribution >= 0.6 is 0 Å². The summed E-state index contributed by atoms with van der Waals surface area (Å²) >= 11 is 0. The third-order valence-electron chi connectivity index (χ3n) is 3.39. The maximum absolute atomic E-state index is 13.3. The summed E-state index contributed by atoms with van der Waals surface area (Å²) in [4.78, 5) is 23.6. The number of aromatic carboxylic acids is 1. The van der Waals surface area contributed by atoms with Crippen molar-refractivity contribution in [2.45, 2.75) is 12.8 Å². The molecule has 5 nitrogen and oxygen atoms in total. The lowest BCUT2D eigenvalue weighted by molar-refractivity contribution is -0.142. The molecule has 0 atom stereocenters. The molecule has 6 heteroatoms. The van der Waals surface area contributed by atoms with Crippen LogP contribution in [0.5, 0.6) is 0 Å². The maximum atomic E-state index is 13.3. The van der Waals surface area contributed by atoms with Crippen LogP contribution < -0.4 is 4.90 Å². The van der Waals surface area contributed by atoms with Gasteiger partial charge in [-0.25, -0.2) is 9.18 Å².